The topological polar surface area (TPSA) is 37.3 Å². The van der Waals surface area contributed by atoms with E-state index < -0.39 is 0 Å². The van der Waals surface area contributed by atoms with Gasteiger partial charge in [-0.2, -0.15) is 0 Å². The summed E-state index contributed by atoms with van der Waals surface area (Å²) < 4.78 is 0. The second kappa shape index (κ2) is 4.58. The summed E-state index contributed by atoms with van der Waals surface area (Å²) in [6.45, 7) is 2.20. The van der Waals surface area contributed by atoms with E-state index in [0.29, 0.717) is 29.3 Å². The minimum Gasteiger partial charge on any atom is -0.508 e. The van der Waals surface area contributed by atoms with Crippen LogP contribution in [-0.4, -0.2) is 15.7 Å². The minimum absolute atomic E-state index is 0.0625. The molecule has 0 bridgehead atoms. The summed E-state index contributed by atoms with van der Waals surface area (Å²) in [4.78, 5) is 12.6. The van der Waals surface area contributed by atoms with Gasteiger partial charge in [0.05, 0.1) is 4.83 Å². The van der Waals surface area contributed by atoms with Gasteiger partial charge in [-0.15, -0.1) is 0 Å². The molecule has 0 saturated heterocycles. The zero-order valence-electron chi connectivity index (χ0n) is 12.3. The van der Waals surface area contributed by atoms with Gasteiger partial charge in [-0.3, -0.25) is 4.79 Å². The highest BCUT2D eigenvalue weighted by molar-refractivity contribution is 9.10. The van der Waals surface area contributed by atoms with Gasteiger partial charge in [0.2, 0.25) is 0 Å². The number of aromatic hydroxyl groups is 1. The first kappa shape index (κ1) is 13.8. The molecule has 5 atom stereocenters. The van der Waals surface area contributed by atoms with Crippen LogP contribution in [0, 0.1) is 17.3 Å². The first-order valence-electron chi connectivity index (χ1n) is 8.01. The van der Waals surface area contributed by atoms with Gasteiger partial charge in [-0.1, -0.05) is 28.9 Å². The van der Waals surface area contributed by atoms with Crippen LogP contribution in [0.25, 0.3) is 0 Å². The maximum absolute atomic E-state index is 12.5. The number of benzene rings is 1. The van der Waals surface area contributed by atoms with Crippen LogP contribution in [0.15, 0.2) is 18.2 Å². The molecule has 2 saturated carbocycles. The molecule has 2 fully saturated rings. The first-order chi connectivity index (χ1) is 10.0. The largest absolute Gasteiger partial charge is 0.508 e. The fraction of sp³-hybridized carbons (Fsp3) is 0.611. The maximum Gasteiger partial charge on any atom is 0.152 e. The molecular weight excluding hydrogens is 328 g/mol. The summed E-state index contributed by atoms with van der Waals surface area (Å²) in [5.41, 5.74) is 2.64. The van der Waals surface area contributed by atoms with E-state index in [2.05, 4.69) is 28.9 Å². The lowest BCUT2D eigenvalue weighted by molar-refractivity contribution is -0.128. The molecule has 2 nitrogen and oxygen atoms in total. The molecule has 3 heteroatoms. The number of ketones is 1. The molecule has 4 rings (SSSR count). The zero-order valence-corrected chi connectivity index (χ0v) is 13.9. The quantitative estimate of drug-likeness (QED) is 0.713. The lowest BCUT2D eigenvalue weighted by Crippen LogP contribution is -2.42. The standard InChI is InChI=1S/C18H21BrO2/c1-18-7-6-13-12-5-3-11(20)8-10(12)2-4-14(13)15(18)9-16(19)17(18)21/h3,5,8,13-16,20H,2,4,6-7,9H2,1H3/t13-,14-,15+,16-,18+/m1/s1. The van der Waals surface area contributed by atoms with E-state index in [4.69, 9.17) is 0 Å². The van der Waals surface area contributed by atoms with Crippen molar-refractivity contribution in [2.75, 3.05) is 0 Å². The molecule has 112 valence electrons. The van der Waals surface area contributed by atoms with Crippen molar-refractivity contribution in [2.45, 2.75) is 49.8 Å². The Labute approximate surface area is 134 Å². The van der Waals surface area contributed by atoms with Gasteiger partial charge in [0, 0.05) is 5.41 Å². The van der Waals surface area contributed by atoms with Crippen molar-refractivity contribution < 1.29 is 9.90 Å². The van der Waals surface area contributed by atoms with Crippen molar-refractivity contribution in [1.82, 2.24) is 0 Å². The van der Waals surface area contributed by atoms with E-state index in [-0.39, 0.29) is 10.2 Å². The van der Waals surface area contributed by atoms with E-state index in [1.165, 1.54) is 11.1 Å². The number of halogens is 1. The van der Waals surface area contributed by atoms with Gasteiger partial charge in [0.25, 0.3) is 0 Å². The van der Waals surface area contributed by atoms with Crippen LogP contribution >= 0.6 is 15.9 Å². The highest BCUT2D eigenvalue weighted by Crippen LogP contribution is 2.60. The van der Waals surface area contributed by atoms with Gasteiger partial charge in [-0.05, 0) is 73.1 Å². The average Bonchev–Trinajstić information content (AvgIpc) is 2.70. The molecule has 1 aromatic carbocycles. The Morgan fingerprint density at radius 1 is 1.33 bits per heavy atom. The van der Waals surface area contributed by atoms with Crippen molar-refractivity contribution in [3.05, 3.63) is 29.3 Å². The number of phenolic OH excluding ortho intramolecular Hbond substituents is 1. The summed E-state index contributed by atoms with van der Waals surface area (Å²) in [7, 11) is 0. The monoisotopic (exact) mass is 348 g/mol. The number of hydrogen-bond acceptors (Lipinski definition) is 2. The fourth-order valence-electron chi connectivity index (χ4n) is 5.32. The molecule has 0 radical (unpaired) electrons. The van der Waals surface area contributed by atoms with Gasteiger partial charge in [0.15, 0.2) is 5.78 Å². The van der Waals surface area contributed by atoms with E-state index >= 15 is 0 Å². The molecule has 0 aromatic heterocycles. The molecule has 1 aromatic rings. The predicted octanol–water partition coefficient (Wildman–Crippen LogP) is 4.19. The molecule has 0 aliphatic heterocycles. The van der Waals surface area contributed by atoms with Crippen molar-refractivity contribution in [3.8, 4) is 5.75 Å². The van der Waals surface area contributed by atoms with Crippen LogP contribution < -0.4 is 0 Å². The van der Waals surface area contributed by atoms with Crippen molar-refractivity contribution in [1.29, 1.82) is 0 Å². The molecular formula is C18H21BrO2. The smallest absolute Gasteiger partial charge is 0.152 e. The van der Waals surface area contributed by atoms with E-state index in [1.807, 2.05) is 12.1 Å². The highest BCUT2D eigenvalue weighted by Gasteiger charge is 2.57. The van der Waals surface area contributed by atoms with Gasteiger partial charge in [-0.25, -0.2) is 0 Å². The minimum atomic E-state index is -0.107. The number of aryl methyl sites for hydroxylation is 1. The molecule has 0 amide bonds. The third-order valence-electron chi connectivity index (χ3n) is 6.41. The van der Waals surface area contributed by atoms with E-state index in [0.717, 1.165) is 32.1 Å². The Bertz CT molecular complexity index is 611. The maximum atomic E-state index is 12.5. The number of phenols is 1. The second-order valence-corrected chi connectivity index (χ2v) is 8.43. The summed E-state index contributed by atoms with van der Waals surface area (Å²) in [6, 6.07) is 5.88. The normalized spacial score (nSPS) is 41.3. The predicted molar refractivity (Wildman–Crippen MR) is 85.8 cm³/mol. The Kier molecular flexibility index (Phi) is 3.01. The summed E-state index contributed by atoms with van der Waals surface area (Å²) >= 11 is 3.60. The van der Waals surface area contributed by atoms with Crippen LogP contribution in [-0.2, 0) is 11.2 Å². The van der Waals surface area contributed by atoms with Crippen LogP contribution in [0.2, 0.25) is 0 Å². The first-order valence-corrected chi connectivity index (χ1v) is 8.92. The second-order valence-electron chi connectivity index (χ2n) is 7.32. The third-order valence-corrected chi connectivity index (χ3v) is 7.20. The fourth-order valence-corrected chi connectivity index (χ4v) is 6.24. The van der Waals surface area contributed by atoms with Crippen LogP contribution in [0.1, 0.15) is 49.7 Å². The molecule has 3 aliphatic carbocycles. The Balaban J connectivity index is 1.73. The van der Waals surface area contributed by atoms with Gasteiger partial charge in [0.1, 0.15) is 5.75 Å². The molecule has 0 unspecified atom stereocenters. The number of carbonyl (C=O) groups excluding carboxylic acids is 1. The van der Waals surface area contributed by atoms with Crippen LogP contribution in [0.3, 0.4) is 0 Å². The SMILES string of the molecule is C[C@]12CC[C@@H]3c4ccc(O)cc4CC[C@H]3[C@@H]1C[C@@H](Br)C2=O. The number of hydrogen-bond donors (Lipinski definition) is 1. The summed E-state index contributed by atoms with van der Waals surface area (Å²) in [5.74, 6) is 2.55. The summed E-state index contributed by atoms with van der Waals surface area (Å²) in [5, 5.41) is 9.69. The number of alkyl halides is 1. The lowest BCUT2D eigenvalue weighted by Gasteiger charge is -2.48. The highest BCUT2D eigenvalue weighted by atomic mass is 79.9. The Morgan fingerprint density at radius 3 is 2.95 bits per heavy atom. The molecule has 0 spiro atoms. The molecule has 21 heavy (non-hydrogen) atoms. The molecule has 0 heterocycles. The van der Waals surface area contributed by atoms with Crippen molar-refractivity contribution in [3.63, 3.8) is 0 Å². The Hall–Kier alpha value is -0.830. The van der Waals surface area contributed by atoms with E-state index in [9.17, 15) is 9.90 Å². The number of rotatable bonds is 0. The lowest BCUT2D eigenvalue weighted by atomic mass is 9.55. The molecule has 1 N–H and O–H groups in total. The number of Topliss-reactive ketones (excluding diaryl/α,β-unsaturated/α-hetero) is 1. The van der Waals surface area contributed by atoms with Crippen LogP contribution in [0.4, 0.5) is 0 Å². The number of fused-ring (bicyclic) bond motifs is 5. The third kappa shape index (κ3) is 1.86. The van der Waals surface area contributed by atoms with Crippen LogP contribution in [0.5, 0.6) is 5.75 Å². The van der Waals surface area contributed by atoms with E-state index in [1.54, 1.807) is 0 Å². The Morgan fingerprint density at radius 2 is 2.14 bits per heavy atom. The van der Waals surface area contributed by atoms with Crippen molar-refractivity contribution in [2.24, 2.45) is 17.3 Å². The molecule has 3 aliphatic rings. The summed E-state index contributed by atoms with van der Waals surface area (Å²) in [6.07, 6.45) is 5.33. The van der Waals surface area contributed by atoms with Gasteiger partial charge < -0.3 is 5.11 Å². The zero-order chi connectivity index (χ0) is 14.8. The van der Waals surface area contributed by atoms with Crippen molar-refractivity contribution >= 4 is 21.7 Å². The number of carbonyl (C=O) groups is 1. The average molecular weight is 349 g/mol. The van der Waals surface area contributed by atoms with Gasteiger partial charge >= 0.3 is 0 Å².